The topological polar surface area (TPSA) is 63.1 Å². The summed E-state index contributed by atoms with van der Waals surface area (Å²) in [5.74, 6) is -0.173. The Balaban J connectivity index is 1.40. The van der Waals surface area contributed by atoms with E-state index in [1.165, 1.54) is 4.90 Å². The van der Waals surface area contributed by atoms with E-state index in [2.05, 4.69) is 5.32 Å². The molecule has 0 radical (unpaired) electrons. The van der Waals surface area contributed by atoms with E-state index in [0.29, 0.717) is 24.2 Å². The highest BCUT2D eigenvalue weighted by molar-refractivity contribution is 7.99. The van der Waals surface area contributed by atoms with Crippen LogP contribution in [0.25, 0.3) is 0 Å². The van der Waals surface area contributed by atoms with Crippen LogP contribution < -0.4 is 15.1 Å². The molecule has 174 valence electrons. The standard InChI is InChI=1S/C27H27N3O3S/c31-26(28-12-13-29-14-16-33-17-15-29)21-10-11-25-23(18-21)30(19-20-6-2-1-3-7-20)27(32)22-8-4-5-9-24(22)34-25/h1-11,18H,12-17,19H2,(H,28,31)/p+1. The van der Waals surface area contributed by atoms with E-state index in [4.69, 9.17) is 4.74 Å². The van der Waals surface area contributed by atoms with Gasteiger partial charge in [-0.2, -0.15) is 0 Å². The molecule has 0 aromatic heterocycles. The van der Waals surface area contributed by atoms with E-state index in [1.54, 1.807) is 16.7 Å². The van der Waals surface area contributed by atoms with Gasteiger partial charge in [0.15, 0.2) is 0 Å². The molecule has 0 atom stereocenters. The first-order valence-electron chi connectivity index (χ1n) is 11.7. The lowest BCUT2D eigenvalue weighted by atomic mass is 10.1. The molecule has 2 aliphatic heterocycles. The third-order valence-electron chi connectivity index (χ3n) is 6.24. The summed E-state index contributed by atoms with van der Waals surface area (Å²) in [7, 11) is 0. The largest absolute Gasteiger partial charge is 0.370 e. The Hall–Kier alpha value is -3.13. The second kappa shape index (κ2) is 10.4. The van der Waals surface area contributed by atoms with Gasteiger partial charge in [0, 0.05) is 15.4 Å². The lowest BCUT2D eigenvalue weighted by Crippen LogP contribution is -3.14. The number of rotatable bonds is 6. The van der Waals surface area contributed by atoms with Crippen molar-refractivity contribution in [3.63, 3.8) is 0 Å². The van der Waals surface area contributed by atoms with Crippen molar-refractivity contribution in [2.75, 3.05) is 44.3 Å². The highest BCUT2D eigenvalue weighted by atomic mass is 32.2. The summed E-state index contributed by atoms with van der Waals surface area (Å²) in [6, 6.07) is 23.3. The van der Waals surface area contributed by atoms with Gasteiger partial charge in [-0.05, 0) is 35.9 Å². The fourth-order valence-electron chi connectivity index (χ4n) is 4.35. The normalized spacial score (nSPS) is 15.9. The lowest BCUT2D eigenvalue weighted by molar-refractivity contribution is -0.906. The van der Waals surface area contributed by atoms with Crippen LogP contribution in [0.2, 0.25) is 0 Å². The van der Waals surface area contributed by atoms with Crippen molar-refractivity contribution in [2.45, 2.75) is 16.3 Å². The van der Waals surface area contributed by atoms with Crippen molar-refractivity contribution < 1.29 is 19.2 Å². The summed E-state index contributed by atoms with van der Waals surface area (Å²) in [6.45, 7) is 5.43. The molecule has 1 saturated heterocycles. The molecule has 5 rings (SSSR count). The van der Waals surface area contributed by atoms with Crippen LogP contribution in [-0.4, -0.2) is 51.2 Å². The molecule has 0 unspecified atom stereocenters. The number of carbonyl (C=O) groups excluding carboxylic acids is 2. The van der Waals surface area contributed by atoms with E-state index in [9.17, 15) is 9.59 Å². The summed E-state index contributed by atoms with van der Waals surface area (Å²) in [4.78, 5) is 31.7. The van der Waals surface area contributed by atoms with Crippen LogP contribution >= 0.6 is 11.8 Å². The van der Waals surface area contributed by atoms with E-state index in [-0.39, 0.29) is 11.8 Å². The van der Waals surface area contributed by atoms with Crippen molar-refractivity contribution in [1.82, 2.24) is 5.32 Å². The number of carbonyl (C=O) groups is 2. The first-order valence-corrected chi connectivity index (χ1v) is 12.5. The molecule has 3 aromatic carbocycles. The predicted molar refractivity (Wildman–Crippen MR) is 133 cm³/mol. The molecule has 34 heavy (non-hydrogen) atoms. The van der Waals surface area contributed by atoms with Crippen LogP contribution in [0.4, 0.5) is 5.69 Å². The number of fused-ring (bicyclic) bond motifs is 2. The zero-order chi connectivity index (χ0) is 23.3. The first-order chi connectivity index (χ1) is 16.7. The van der Waals surface area contributed by atoms with Crippen molar-refractivity contribution in [1.29, 1.82) is 0 Å². The number of hydrogen-bond acceptors (Lipinski definition) is 4. The number of amides is 2. The summed E-state index contributed by atoms with van der Waals surface area (Å²) in [5, 5.41) is 3.05. The Morgan fingerprint density at radius 2 is 1.74 bits per heavy atom. The Kier molecular flexibility index (Phi) is 6.94. The van der Waals surface area contributed by atoms with Crippen molar-refractivity contribution in [3.05, 3.63) is 89.5 Å². The molecule has 6 nitrogen and oxygen atoms in total. The highest BCUT2D eigenvalue weighted by Gasteiger charge is 2.28. The fraction of sp³-hybridized carbons (Fsp3) is 0.259. The fourth-order valence-corrected chi connectivity index (χ4v) is 5.41. The van der Waals surface area contributed by atoms with E-state index < -0.39 is 0 Å². The monoisotopic (exact) mass is 474 g/mol. The molecule has 0 aliphatic carbocycles. The van der Waals surface area contributed by atoms with Gasteiger partial charge in [0.1, 0.15) is 13.1 Å². The number of benzene rings is 3. The Morgan fingerprint density at radius 1 is 0.971 bits per heavy atom. The number of nitrogens with zero attached hydrogens (tertiary/aromatic N) is 1. The number of hydrogen-bond donors (Lipinski definition) is 2. The molecule has 1 fully saturated rings. The maximum Gasteiger partial charge on any atom is 0.259 e. The van der Waals surface area contributed by atoms with Gasteiger partial charge >= 0.3 is 0 Å². The van der Waals surface area contributed by atoms with E-state index in [0.717, 1.165) is 53.9 Å². The molecule has 2 heterocycles. The maximum absolute atomic E-state index is 13.6. The second-order valence-corrected chi connectivity index (χ2v) is 9.61. The number of nitrogens with one attached hydrogen (secondary N) is 2. The average Bonchev–Trinajstić information content (AvgIpc) is 2.99. The minimum atomic E-state index is -0.116. The SMILES string of the molecule is O=C(NCC[NH+]1CCOCC1)c1ccc2c(c1)N(Cc1ccccc1)C(=O)c1ccccc1S2. The smallest absolute Gasteiger partial charge is 0.259 e. The van der Waals surface area contributed by atoms with Gasteiger partial charge in [-0.15, -0.1) is 0 Å². The number of ether oxygens (including phenoxy) is 1. The third kappa shape index (κ3) is 5.01. The molecule has 0 spiro atoms. The molecule has 0 saturated carbocycles. The summed E-state index contributed by atoms with van der Waals surface area (Å²) >= 11 is 1.57. The van der Waals surface area contributed by atoms with Gasteiger partial charge in [0.25, 0.3) is 11.8 Å². The van der Waals surface area contributed by atoms with Crippen molar-refractivity contribution in [2.24, 2.45) is 0 Å². The summed E-state index contributed by atoms with van der Waals surface area (Å²) in [5.41, 5.74) is 3.04. The zero-order valence-corrected chi connectivity index (χ0v) is 19.8. The molecular weight excluding hydrogens is 446 g/mol. The van der Waals surface area contributed by atoms with Gasteiger partial charge in [-0.25, -0.2) is 0 Å². The minimum Gasteiger partial charge on any atom is -0.370 e. The molecule has 2 aliphatic rings. The van der Waals surface area contributed by atoms with Crippen molar-refractivity contribution in [3.8, 4) is 0 Å². The van der Waals surface area contributed by atoms with Crippen LogP contribution in [0, 0.1) is 0 Å². The lowest BCUT2D eigenvalue weighted by Gasteiger charge is -2.24. The molecule has 7 heteroatoms. The molecule has 2 amide bonds. The second-order valence-electron chi connectivity index (χ2n) is 8.53. The molecule has 2 N–H and O–H groups in total. The van der Waals surface area contributed by atoms with Gasteiger partial charge in [0.2, 0.25) is 0 Å². The van der Waals surface area contributed by atoms with E-state index in [1.807, 2.05) is 72.8 Å². The number of anilines is 1. The quantitative estimate of drug-likeness (QED) is 0.577. The Morgan fingerprint density at radius 3 is 2.56 bits per heavy atom. The van der Waals surface area contributed by atoms with Gasteiger partial charge in [-0.3, -0.25) is 9.59 Å². The van der Waals surface area contributed by atoms with Crippen LogP contribution in [0.3, 0.4) is 0 Å². The Bertz CT molecular complexity index is 1180. The third-order valence-corrected chi connectivity index (χ3v) is 7.38. The number of morpholine rings is 1. The molecule has 0 bridgehead atoms. The molecular formula is C27H28N3O3S+. The molecule has 3 aromatic rings. The number of quaternary nitrogens is 1. The highest BCUT2D eigenvalue weighted by Crippen LogP contribution is 2.42. The van der Waals surface area contributed by atoms with Crippen LogP contribution in [0.5, 0.6) is 0 Å². The van der Waals surface area contributed by atoms with Crippen LogP contribution in [-0.2, 0) is 11.3 Å². The van der Waals surface area contributed by atoms with Crippen LogP contribution in [0.15, 0.2) is 82.6 Å². The van der Waals surface area contributed by atoms with E-state index >= 15 is 0 Å². The minimum absolute atomic E-state index is 0.0563. The predicted octanol–water partition coefficient (Wildman–Crippen LogP) is 2.64. The van der Waals surface area contributed by atoms with Gasteiger partial charge in [0.05, 0.1) is 44.1 Å². The Labute approximate surface area is 203 Å². The van der Waals surface area contributed by atoms with Gasteiger partial charge < -0.3 is 19.9 Å². The van der Waals surface area contributed by atoms with Crippen LogP contribution in [0.1, 0.15) is 26.3 Å². The zero-order valence-electron chi connectivity index (χ0n) is 19.0. The van der Waals surface area contributed by atoms with Gasteiger partial charge in [-0.1, -0.05) is 54.2 Å². The first kappa shape index (κ1) is 22.7. The summed E-state index contributed by atoms with van der Waals surface area (Å²) < 4.78 is 5.40. The maximum atomic E-state index is 13.6. The average molecular weight is 475 g/mol. The summed E-state index contributed by atoms with van der Waals surface area (Å²) in [6.07, 6.45) is 0. The van der Waals surface area contributed by atoms with Crippen molar-refractivity contribution >= 4 is 29.3 Å².